The van der Waals surface area contributed by atoms with Gasteiger partial charge < -0.3 is 20.3 Å². The predicted molar refractivity (Wildman–Crippen MR) is 89.8 cm³/mol. The maximum Gasteiger partial charge on any atom is 0.410 e. The Morgan fingerprint density at radius 1 is 1.09 bits per heavy atom. The van der Waals surface area contributed by atoms with Crippen molar-refractivity contribution in [1.82, 2.24) is 4.90 Å². The van der Waals surface area contributed by atoms with Gasteiger partial charge in [-0.1, -0.05) is 0 Å². The van der Waals surface area contributed by atoms with Crippen molar-refractivity contribution in [2.75, 3.05) is 37.6 Å². The lowest BCUT2D eigenvalue weighted by molar-refractivity contribution is 0.0240. The maximum atomic E-state index is 12.0. The summed E-state index contributed by atoms with van der Waals surface area (Å²) in [7, 11) is 0. The Morgan fingerprint density at radius 2 is 1.65 bits per heavy atom. The summed E-state index contributed by atoms with van der Waals surface area (Å²) in [5.41, 5.74) is 6.56. The topological polar surface area (TPSA) is 75.9 Å². The zero-order chi connectivity index (χ0) is 17.0. The third-order valence-corrected chi connectivity index (χ3v) is 3.67. The molecule has 1 amide bonds. The SMILES string of the molecule is CC(C)(C)OC(=O)N1CCN(c2ccc(C(=O)CN)cc2)CC1. The van der Waals surface area contributed by atoms with Crippen LogP contribution >= 0.6 is 0 Å². The standard InChI is InChI=1S/C17H25N3O3/c1-17(2,3)23-16(22)20-10-8-19(9-11-20)14-6-4-13(5-7-14)15(21)12-18/h4-7H,8-12,18H2,1-3H3. The number of nitrogens with two attached hydrogens (primary N) is 1. The molecule has 1 fully saturated rings. The minimum atomic E-state index is -0.473. The minimum Gasteiger partial charge on any atom is -0.444 e. The van der Waals surface area contributed by atoms with E-state index in [2.05, 4.69) is 4.90 Å². The van der Waals surface area contributed by atoms with Crippen LogP contribution in [-0.4, -0.2) is 55.1 Å². The summed E-state index contributed by atoms with van der Waals surface area (Å²) in [5.74, 6) is -0.0636. The highest BCUT2D eigenvalue weighted by Crippen LogP contribution is 2.19. The third kappa shape index (κ3) is 4.69. The smallest absolute Gasteiger partial charge is 0.410 e. The van der Waals surface area contributed by atoms with Crippen LogP contribution in [0.4, 0.5) is 10.5 Å². The highest BCUT2D eigenvalue weighted by atomic mass is 16.6. The number of anilines is 1. The third-order valence-electron chi connectivity index (χ3n) is 3.67. The number of hydrogen-bond acceptors (Lipinski definition) is 5. The number of nitrogens with zero attached hydrogens (tertiary/aromatic N) is 2. The number of carbonyl (C=O) groups excluding carboxylic acids is 2. The van der Waals surface area contributed by atoms with Crippen LogP contribution in [0.25, 0.3) is 0 Å². The number of hydrogen-bond donors (Lipinski definition) is 1. The Bertz CT molecular complexity index is 555. The Labute approximate surface area is 137 Å². The van der Waals surface area contributed by atoms with Crippen LogP contribution in [-0.2, 0) is 4.74 Å². The second-order valence-corrected chi connectivity index (χ2v) is 6.63. The lowest BCUT2D eigenvalue weighted by Crippen LogP contribution is -2.50. The van der Waals surface area contributed by atoms with Crippen LogP contribution in [0.2, 0.25) is 0 Å². The number of piperazine rings is 1. The van der Waals surface area contributed by atoms with E-state index >= 15 is 0 Å². The van der Waals surface area contributed by atoms with Gasteiger partial charge in [0.25, 0.3) is 0 Å². The molecule has 6 heteroatoms. The van der Waals surface area contributed by atoms with Crippen molar-refractivity contribution < 1.29 is 14.3 Å². The van der Waals surface area contributed by atoms with E-state index in [1.165, 1.54) is 0 Å². The number of ether oxygens (including phenoxy) is 1. The van der Waals surface area contributed by atoms with E-state index in [9.17, 15) is 9.59 Å². The summed E-state index contributed by atoms with van der Waals surface area (Å²) in [4.78, 5) is 27.5. The predicted octanol–water partition coefficient (Wildman–Crippen LogP) is 1.89. The van der Waals surface area contributed by atoms with E-state index in [-0.39, 0.29) is 18.4 Å². The molecule has 0 unspecified atom stereocenters. The molecule has 0 aromatic heterocycles. The fourth-order valence-corrected chi connectivity index (χ4v) is 2.45. The van der Waals surface area contributed by atoms with Crippen molar-refractivity contribution in [3.63, 3.8) is 0 Å². The molecule has 0 aliphatic carbocycles. The lowest BCUT2D eigenvalue weighted by atomic mass is 10.1. The molecule has 23 heavy (non-hydrogen) atoms. The van der Waals surface area contributed by atoms with Crippen LogP contribution < -0.4 is 10.6 Å². The monoisotopic (exact) mass is 319 g/mol. The molecular formula is C17H25N3O3. The first-order valence-corrected chi connectivity index (χ1v) is 7.86. The normalized spacial score (nSPS) is 15.5. The lowest BCUT2D eigenvalue weighted by Gasteiger charge is -2.36. The summed E-state index contributed by atoms with van der Waals surface area (Å²) in [6.45, 7) is 8.35. The molecule has 6 nitrogen and oxygen atoms in total. The molecule has 1 aromatic carbocycles. The van der Waals surface area contributed by atoms with Crippen LogP contribution in [0, 0.1) is 0 Å². The van der Waals surface area contributed by atoms with Gasteiger partial charge in [-0.05, 0) is 45.0 Å². The van der Waals surface area contributed by atoms with Gasteiger partial charge in [-0.2, -0.15) is 0 Å². The first-order chi connectivity index (χ1) is 10.8. The molecule has 0 bridgehead atoms. The Hall–Kier alpha value is -2.08. The van der Waals surface area contributed by atoms with Crippen LogP contribution in [0.1, 0.15) is 31.1 Å². The zero-order valence-corrected chi connectivity index (χ0v) is 14.0. The van der Waals surface area contributed by atoms with Gasteiger partial charge in [-0.25, -0.2) is 4.79 Å². The zero-order valence-electron chi connectivity index (χ0n) is 14.0. The molecule has 1 aliphatic heterocycles. The van der Waals surface area contributed by atoms with Crippen LogP contribution in [0.5, 0.6) is 0 Å². The molecule has 0 radical (unpaired) electrons. The number of carbonyl (C=O) groups is 2. The first kappa shape index (κ1) is 17.3. The molecular weight excluding hydrogens is 294 g/mol. The molecule has 1 aromatic rings. The van der Waals surface area contributed by atoms with Gasteiger partial charge in [-0.15, -0.1) is 0 Å². The van der Waals surface area contributed by atoms with Crippen molar-refractivity contribution in [3.8, 4) is 0 Å². The molecule has 2 N–H and O–H groups in total. The average molecular weight is 319 g/mol. The van der Waals surface area contributed by atoms with Crippen molar-refractivity contribution >= 4 is 17.6 Å². The summed E-state index contributed by atoms with van der Waals surface area (Å²) in [6, 6.07) is 7.44. The molecule has 0 spiro atoms. The van der Waals surface area contributed by atoms with Gasteiger partial charge in [0, 0.05) is 37.4 Å². The largest absolute Gasteiger partial charge is 0.444 e. The van der Waals surface area contributed by atoms with Crippen molar-refractivity contribution in [3.05, 3.63) is 29.8 Å². The van der Waals surface area contributed by atoms with Crippen molar-refractivity contribution in [2.24, 2.45) is 5.73 Å². The van der Waals surface area contributed by atoms with E-state index in [0.717, 1.165) is 18.8 Å². The van der Waals surface area contributed by atoms with Gasteiger partial charge in [-0.3, -0.25) is 4.79 Å². The van der Waals surface area contributed by atoms with Crippen molar-refractivity contribution in [2.45, 2.75) is 26.4 Å². The maximum absolute atomic E-state index is 12.0. The van der Waals surface area contributed by atoms with E-state index in [4.69, 9.17) is 10.5 Å². The summed E-state index contributed by atoms with van der Waals surface area (Å²) >= 11 is 0. The van der Waals surface area contributed by atoms with Crippen LogP contribution in [0.3, 0.4) is 0 Å². The van der Waals surface area contributed by atoms with Gasteiger partial charge in [0.05, 0.1) is 6.54 Å². The molecule has 0 atom stereocenters. The van der Waals surface area contributed by atoms with Gasteiger partial charge in [0.2, 0.25) is 0 Å². The number of amides is 1. The van der Waals surface area contributed by atoms with Crippen LogP contribution in [0.15, 0.2) is 24.3 Å². The Morgan fingerprint density at radius 3 is 2.13 bits per heavy atom. The number of Topliss-reactive ketones (excluding diaryl/α,β-unsaturated/α-hetero) is 1. The number of ketones is 1. The molecule has 1 saturated heterocycles. The Kier molecular flexibility index (Phi) is 5.26. The second kappa shape index (κ2) is 7.00. The van der Waals surface area contributed by atoms with Crippen molar-refractivity contribution in [1.29, 1.82) is 0 Å². The summed E-state index contributed by atoms with van der Waals surface area (Å²) < 4.78 is 5.39. The fourth-order valence-electron chi connectivity index (χ4n) is 2.45. The second-order valence-electron chi connectivity index (χ2n) is 6.63. The first-order valence-electron chi connectivity index (χ1n) is 7.86. The number of benzene rings is 1. The summed E-state index contributed by atoms with van der Waals surface area (Å²) in [5, 5.41) is 0. The highest BCUT2D eigenvalue weighted by Gasteiger charge is 2.25. The Balaban J connectivity index is 1.91. The highest BCUT2D eigenvalue weighted by molar-refractivity contribution is 5.97. The van der Waals surface area contributed by atoms with E-state index < -0.39 is 5.60 Å². The molecule has 126 valence electrons. The van der Waals surface area contributed by atoms with E-state index in [1.807, 2.05) is 32.9 Å². The molecule has 0 saturated carbocycles. The van der Waals surface area contributed by atoms with Gasteiger partial charge in [0.15, 0.2) is 5.78 Å². The van der Waals surface area contributed by atoms with E-state index in [1.54, 1.807) is 17.0 Å². The van der Waals surface area contributed by atoms with E-state index in [0.29, 0.717) is 18.7 Å². The average Bonchev–Trinajstić information content (AvgIpc) is 2.53. The minimum absolute atomic E-state index is 0.0217. The molecule has 1 heterocycles. The van der Waals surface area contributed by atoms with Gasteiger partial charge in [0.1, 0.15) is 5.60 Å². The fraction of sp³-hybridized carbons (Fsp3) is 0.529. The quantitative estimate of drug-likeness (QED) is 0.861. The van der Waals surface area contributed by atoms with Gasteiger partial charge >= 0.3 is 6.09 Å². The molecule has 1 aliphatic rings. The summed E-state index contributed by atoms with van der Waals surface area (Å²) in [6.07, 6.45) is -0.263. The molecule has 2 rings (SSSR count). The number of rotatable bonds is 3.